The first-order valence-electron chi connectivity index (χ1n) is 7.42. The lowest BCUT2D eigenvalue weighted by Gasteiger charge is -2.31. The van der Waals surface area contributed by atoms with E-state index in [1.807, 2.05) is 6.07 Å². The van der Waals surface area contributed by atoms with E-state index in [2.05, 4.69) is 36.9 Å². The van der Waals surface area contributed by atoms with E-state index in [-0.39, 0.29) is 11.9 Å². The lowest BCUT2D eigenvalue weighted by molar-refractivity contribution is 0.620. The zero-order valence-corrected chi connectivity index (χ0v) is 12.6. The maximum atomic E-state index is 13.6. The van der Waals surface area contributed by atoms with Crippen LogP contribution in [0, 0.1) is 19.7 Å². The highest BCUT2D eigenvalue weighted by atomic mass is 19.1. The van der Waals surface area contributed by atoms with Gasteiger partial charge in [0, 0.05) is 18.8 Å². The van der Waals surface area contributed by atoms with Crippen molar-refractivity contribution in [2.75, 3.05) is 18.0 Å². The fourth-order valence-corrected chi connectivity index (χ4v) is 3.24. The number of hydrogen-bond donors (Lipinski definition) is 1. The molecule has 2 N–H and O–H groups in total. The maximum Gasteiger partial charge on any atom is 0.125 e. The molecule has 0 amide bonds. The van der Waals surface area contributed by atoms with E-state index in [1.165, 1.54) is 28.3 Å². The zero-order chi connectivity index (χ0) is 15.0. The Morgan fingerprint density at radius 2 is 2.00 bits per heavy atom. The Hall–Kier alpha value is -1.87. The molecule has 2 nitrogen and oxygen atoms in total. The highest BCUT2D eigenvalue weighted by molar-refractivity contribution is 5.60. The Labute approximate surface area is 125 Å². The van der Waals surface area contributed by atoms with E-state index < -0.39 is 0 Å². The summed E-state index contributed by atoms with van der Waals surface area (Å²) < 4.78 is 13.6. The third-order valence-electron chi connectivity index (χ3n) is 4.37. The van der Waals surface area contributed by atoms with Crippen molar-refractivity contribution in [3.8, 4) is 0 Å². The first-order valence-corrected chi connectivity index (χ1v) is 7.42. The Bertz CT molecular complexity index is 666. The molecule has 3 rings (SSSR count). The number of fused-ring (bicyclic) bond motifs is 1. The molecule has 0 radical (unpaired) electrons. The van der Waals surface area contributed by atoms with Gasteiger partial charge in [0.1, 0.15) is 5.82 Å². The summed E-state index contributed by atoms with van der Waals surface area (Å²) in [5.74, 6) is -0.183. The molecule has 3 heteroatoms. The number of hydrogen-bond acceptors (Lipinski definition) is 2. The minimum atomic E-state index is -0.183. The van der Waals surface area contributed by atoms with Crippen molar-refractivity contribution < 1.29 is 4.39 Å². The average molecular weight is 284 g/mol. The number of aryl methyl sites for hydroxylation is 2. The monoisotopic (exact) mass is 284 g/mol. The molecule has 1 unspecified atom stereocenters. The van der Waals surface area contributed by atoms with Gasteiger partial charge in [0.15, 0.2) is 0 Å². The Kier molecular flexibility index (Phi) is 3.68. The second kappa shape index (κ2) is 5.49. The molecule has 1 heterocycles. The quantitative estimate of drug-likeness (QED) is 0.934. The summed E-state index contributed by atoms with van der Waals surface area (Å²) >= 11 is 0. The van der Waals surface area contributed by atoms with Gasteiger partial charge in [-0.3, -0.25) is 0 Å². The standard InChI is InChI=1S/C18H21FN2/c1-12-3-4-13(2)16(9-12)18(11-20)21-8-7-14-5-6-15(19)10-17(14)21/h3-6,9-10,18H,7-8,11,20H2,1-2H3. The second-order valence-electron chi connectivity index (χ2n) is 5.83. The summed E-state index contributed by atoms with van der Waals surface area (Å²) in [7, 11) is 0. The molecule has 0 fully saturated rings. The third-order valence-corrected chi connectivity index (χ3v) is 4.37. The van der Waals surface area contributed by atoms with Crippen LogP contribution in [-0.4, -0.2) is 13.1 Å². The van der Waals surface area contributed by atoms with Gasteiger partial charge in [0.05, 0.1) is 6.04 Å². The lowest BCUT2D eigenvalue weighted by atomic mass is 9.97. The SMILES string of the molecule is Cc1ccc(C)c(C(CN)N2CCc3ccc(F)cc32)c1. The van der Waals surface area contributed by atoms with E-state index in [4.69, 9.17) is 5.73 Å². The molecule has 2 aromatic carbocycles. The van der Waals surface area contributed by atoms with Crippen molar-refractivity contribution in [3.05, 3.63) is 64.5 Å². The number of rotatable bonds is 3. The van der Waals surface area contributed by atoms with E-state index in [0.29, 0.717) is 6.54 Å². The van der Waals surface area contributed by atoms with Crippen LogP contribution in [0.15, 0.2) is 36.4 Å². The Morgan fingerprint density at radius 3 is 2.76 bits per heavy atom. The van der Waals surface area contributed by atoms with E-state index in [9.17, 15) is 4.39 Å². The van der Waals surface area contributed by atoms with Crippen molar-refractivity contribution in [2.24, 2.45) is 5.73 Å². The molecule has 0 saturated carbocycles. The predicted octanol–water partition coefficient (Wildman–Crippen LogP) is 3.51. The summed E-state index contributed by atoms with van der Waals surface area (Å²) in [4.78, 5) is 2.25. The number of nitrogens with two attached hydrogens (primary N) is 1. The molecule has 1 aliphatic rings. The second-order valence-corrected chi connectivity index (χ2v) is 5.83. The summed E-state index contributed by atoms with van der Waals surface area (Å²) in [6.45, 7) is 5.63. The van der Waals surface area contributed by atoms with Gasteiger partial charge in [0.2, 0.25) is 0 Å². The highest BCUT2D eigenvalue weighted by Crippen LogP contribution is 2.36. The van der Waals surface area contributed by atoms with Crippen LogP contribution in [0.3, 0.4) is 0 Å². The molecule has 2 aromatic rings. The molecular weight excluding hydrogens is 263 g/mol. The van der Waals surface area contributed by atoms with Gasteiger partial charge in [0.25, 0.3) is 0 Å². The fourth-order valence-electron chi connectivity index (χ4n) is 3.24. The summed E-state index contributed by atoms with van der Waals surface area (Å²) in [6.07, 6.45) is 0.955. The first kappa shape index (κ1) is 14.1. The van der Waals surface area contributed by atoms with Crippen LogP contribution in [0.4, 0.5) is 10.1 Å². The van der Waals surface area contributed by atoms with Gasteiger partial charge >= 0.3 is 0 Å². The van der Waals surface area contributed by atoms with Crippen LogP contribution in [0.2, 0.25) is 0 Å². The molecule has 0 saturated heterocycles. The molecule has 110 valence electrons. The van der Waals surface area contributed by atoms with Gasteiger partial charge in [-0.05, 0) is 49.1 Å². The number of anilines is 1. The highest BCUT2D eigenvalue weighted by Gasteiger charge is 2.27. The van der Waals surface area contributed by atoms with Crippen molar-refractivity contribution >= 4 is 5.69 Å². The molecule has 0 aromatic heterocycles. The molecule has 0 aliphatic carbocycles. The average Bonchev–Trinajstić information content (AvgIpc) is 2.87. The molecule has 21 heavy (non-hydrogen) atoms. The Morgan fingerprint density at radius 1 is 1.19 bits per heavy atom. The van der Waals surface area contributed by atoms with Crippen LogP contribution in [0.5, 0.6) is 0 Å². The van der Waals surface area contributed by atoms with Crippen molar-refractivity contribution in [2.45, 2.75) is 26.3 Å². The van der Waals surface area contributed by atoms with Crippen molar-refractivity contribution in [1.29, 1.82) is 0 Å². The number of benzene rings is 2. The van der Waals surface area contributed by atoms with Gasteiger partial charge in [-0.2, -0.15) is 0 Å². The largest absolute Gasteiger partial charge is 0.363 e. The van der Waals surface area contributed by atoms with Gasteiger partial charge in [-0.25, -0.2) is 4.39 Å². The zero-order valence-electron chi connectivity index (χ0n) is 12.6. The summed E-state index contributed by atoms with van der Waals surface area (Å²) in [5.41, 5.74) is 12.0. The number of halogens is 1. The van der Waals surface area contributed by atoms with E-state index in [0.717, 1.165) is 18.7 Å². The lowest BCUT2D eigenvalue weighted by Crippen LogP contribution is -2.33. The summed E-state index contributed by atoms with van der Waals surface area (Å²) in [5, 5.41) is 0. The molecule has 0 bridgehead atoms. The third kappa shape index (κ3) is 2.54. The van der Waals surface area contributed by atoms with Crippen LogP contribution < -0.4 is 10.6 Å². The maximum absolute atomic E-state index is 13.6. The molecular formula is C18H21FN2. The topological polar surface area (TPSA) is 29.3 Å². The Balaban J connectivity index is 2.03. The molecule has 1 aliphatic heterocycles. The predicted molar refractivity (Wildman–Crippen MR) is 85.2 cm³/mol. The van der Waals surface area contributed by atoms with E-state index in [1.54, 1.807) is 6.07 Å². The van der Waals surface area contributed by atoms with Crippen LogP contribution in [-0.2, 0) is 6.42 Å². The van der Waals surface area contributed by atoms with Crippen molar-refractivity contribution in [1.82, 2.24) is 0 Å². The van der Waals surface area contributed by atoms with E-state index >= 15 is 0 Å². The summed E-state index contributed by atoms with van der Waals surface area (Å²) in [6, 6.07) is 11.6. The van der Waals surface area contributed by atoms with Gasteiger partial charge in [-0.15, -0.1) is 0 Å². The van der Waals surface area contributed by atoms with Crippen LogP contribution >= 0.6 is 0 Å². The smallest absolute Gasteiger partial charge is 0.125 e. The van der Waals surface area contributed by atoms with Crippen molar-refractivity contribution in [3.63, 3.8) is 0 Å². The first-order chi connectivity index (χ1) is 10.1. The fraction of sp³-hybridized carbons (Fsp3) is 0.333. The molecule has 1 atom stereocenters. The minimum absolute atomic E-state index is 0.105. The van der Waals surface area contributed by atoms with Crippen LogP contribution in [0.25, 0.3) is 0 Å². The van der Waals surface area contributed by atoms with Gasteiger partial charge < -0.3 is 10.6 Å². The van der Waals surface area contributed by atoms with Gasteiger partial charge in [-0.1, -0.05) is 29.8 Å². The normalized spacial score (nSPS) is 15.1. The van der Waals surface area contributed by atoms with Crippen LogP contribution in [0.1, 0.15) is 28.3 Å². The number of nitrogens with zero attached hydrogens (tertiary/aromatic N) is 1. The molecule has 0 spiro atoms. The minimum Gasteiger partial charge on any atom is -0.363 e.